The quantitative estimate of drug-likeness (QED) is 0.0713. The minimum absolute atomic E-state index is 0.0746. The number of aliphatic hydroxyl groups is 1. The summed E-state index contributed by atoms with van der Waals surface area (Å²) < 4.78 is 46.2. The van der Waals surface area contributed by atoms with Crippen LogP contribution in [0.2, 0.25) is 0 Å². The molecule has 6 heterocycles. The van der Waals surface area contributed by atoms with E-state index in [1.54, 1.807) is 97.8 Å². The highest BCUT2D eigenvalue weighted by atomic mass is 16.7. The minimum atomic E-state index is -1.66. The average molecular weight is 963 g/mol. The number of imidazole rings is 1. The molecule has 69 heavy (non-hydrogen) atoms. The maximum atomic E-state index is 15.1. The number of nitrogens with one attached hydrogen (secondary N) is 1. The molecule has 18 nitrogen and oxygen atoms in total. The van der Waals surface area contributed by atoms with Crippen LogP contribution >= 0.6 is 0 Å². The molecule has 0 bridgehead atoms. The molecule has 0 spiro atoms. The monoisotopic (exact) mass is 963 g/mol. The molecule has 3 aromatic heterocycles. The average Bonchev–Trinajstić information content (AvgIpc) is 4.08. The van der Waals surface area contributed by atoms with E-state index in [4.69, 9.17) is 32.8 Å². The lowest BCUT2D eigenvalue weighted by Gasteiger charge is -2.52. The summed E-state index contributed by atoms with van der Waals surface area (Å²) in [6.07, 6.45) is 5.73. The number of Topliss-reactive ketones (excluding diaryl/α,β-unsaturated/α-hetero) is 1. The number of aryl methyl sites for hydroxylation is 1. The first-order chi connectivity index (χ1) is 32.7. The number of rotatable bonds is 16. The van der Waals surface area contributed by atoms with Crippen molar-refractivity contribution in [3.63, 3.8) is 0 Å². The van der Waals surface area contributed by atoms with Crippen molar-refractivity contribution in [3.8, 4) is 11.3 Å². The minimum Gasteiger partial charge on any atom is -0.472 e. The van der Waals surface area contributed by atoms with E-state index in [0.717, 1.165) is 11.3 Å². The Morgan fingerprint density at radius 1 is 1.09 bits per heavy atom. The number of esters is 2. The fourth-order valence-corrected chi connectivity index (χ4v) is 10.8. The Bertz CT molecular complexity index is 2210. The molecule has 3 aliphatic rings. The number of carbonyl (C=O) groups is 4. The van der Waals surface area contributed by atoms with Gasteiger partial charge in [0.15, 0.2) is 11.4 Å². The smallest absolute Gasteiger partial charge is 0.425 e. The predicted molar refractivity (Wildman–Crippen MR) is 254 cm³/mol. The Labute approximate surface area is 406 Å². The van der Waals surface area contributed by atoms with Gasteiger partial charge in [-0.3, -0.25) is 24.3 Å². The van der Waals surface area contributed by atoms with Crippen LogP contribution in [-0.2, 0) is 55.8 Å². The second-order valence-electron chi connectivity index (χ2n) is 19.8. The third-order valence-corrected chi connectivity index (χ3v) is 14.6. The van der Waals surface area contributed by atoms with E-state index < -0.39 is 95.2 Å². The number of ketones is 1. The molecule has 0 aliphatic carbocycles. The molecule has 3 aromatic rings. The molecule has 0 aromatic carbocycles. The SMILES string of the molecule is C=CCN(C)[C@H]1C[C@@H](C)O[C@@](C)(O[C@@H]2[C@@H](C)C(OC(=O)Cc3ccccn3)[C@@H](C)C(=O)O[C@H](CC)[C@@]3(C)OC(=O)N(NCCCn4cnc(-c5ccoc5)c4)[C@@H]3[C@@H](C)C(=O)[C@H](C)C[C@@]2(C)OC)[C@@H]1O. The Morgan fingerprint density at radius 2 is 1.84 bits per heavy atom. The highest BCUT2D eigenvalue weighted by Gasteiger charge is 2.61. The number of likely N-dealkylation sites (N-methyl/N-ethyl adjacent to an activating group) is 1. The van der Waals surface area contributed by atoms with Crippen LogP contribution in [0.15, 0.2) is 72.6 Å². The van der Waals surface area contributed by atoms with Gasteiger partial charge in [-0.15, -0.1) is 6.58 Å². The summed E-state index contributed by atoms with van der Waals surface area (Å²) >= 11 is 0. The van der Waals surface area contributed by atoms with Gasteiger partial charge < -0.3 is 42.5 Å². The van der Waals surface area contributed by atoms with Crippen LogP contribution in [0.1, 0.15) is 93.7 Å². The first-order valence-corrected chi connectivity index (χ1v) is 24.2. The Hall–Kier alpha value is -4.98. The zero-order valence-corrected chi connectivity index (χ0v) is 42.2. The van der Waals surface area contributed by atoms with E-state index in [0.29, 0.717) is 38.2 Å². The lowest BCUT2D eigenvalue weighted by Crippen LogP contribution is -2.65. The molecule has 6 rings (SSSR count). The number of cyclic esters (lactones) is 1. The van der Waals surface area contributed by atoms with E-state index in [2.05, 4.69) is 22.0 Å². The van der Waals surface area contributed by atoms with E-state index in [1.807, 2.05) is 42.6 Å². The summed E-state index contributed by atoms with van der Waals surface area (Å²) in [6, 6.07) is 5.69. The molecular weight excluding hydrogens is 889 g/mol. The number of carbonyl (C=O) groups excluding carboxylic acids is 4. The Balaban J connectivity index is 1.37. The summed E-state index contributed by atoms with van der Waals surface area (Å²) in [5, 5.41) is 13.5. The van der Waals surface area contributed by atoms with Crippen LogP contribution in [0, 0.1) is 23.7 Å². The van der Waals surface area contributed by atoms with Gasteiger partial charge in [-0.05, 0) is 85.5 Å². The number of methoxy groups -OCH3 is 1. The Kier molecular flexibility index (Phi) is 17.3. The van der Waals surface area contributed by atoms with Gasteiger partial charge in [-0.1, -0.05) is 39.8 Å². The molecule has 0 radical (unpaired) electrons. The number of nitrogens with zero attached hydrogens (tertiary/aromatic N) is 5. The van der Waals surface area contributed by atoms with Gasteiger partial charge in [0, 0.05) is 68.5 Å². The van der Waals surface area contributed by atoms with Crippen molar-refractivity contribution < 1.29 is 57.1 Å². The number of ether oxygens (including phenoxy) is 6. The van der Waals surface area contributed by atoms with Gasteiger partial charge in [0.25, 0.3) is 0 Å². The fourth-order valence-electron chi connectivity index (χ4n) is 10.8. The number of hydrogen-bond acceptors (Lipinski definition) is 16. The summed E-state index contributed by atoms with van der Waals surface area (Å²) in [6.45, 7) is 21.1. The Morgan fingerprint density at radius 3 is 2.49 bits per heavy atom. The molecule has 1 amide bonds. The number of pyridine rings is 1. The van der Waals surface area contributed by atoms with E-state index in [-0.39, 0.29) is 31.1 Å². The van der Waals surface area contributed by atoms with Gasteiger partial charge >= 0.3 is 18.0 Å². The van der Waals surface area contributed by atoms with Crippen molar-refractivity contribution in [1.82, 2.24) is 29.9 Å². The zero-order chi connectivity index (χ0) is 50.4. The van der Waals surface area contributed by atoms with Gasteiger partial charge in [0.05, 0.1) is 60.4 Å². The highest BCUT2D eigenvalue weighted by Crippen LogP contribution is 2.45. The van der Waals surface area contributed by atoms with Crippen LogP contribution in [0.3, 0.4) is 0 Å². The number of hydrazine groups is 1. The molecular formula is C51H74N6O12. The van der Waals surface area contributed by atoms with Gasteiger partial charge in [-0.2, -0.15) is 0 Å². The second kappa shape index (κ2) is 22.4. The molecule has 1 unspecified atom stereocenters. The van der Waals surface area contributed by atoms with Gasteiger partial charge in [-0.25, -0.2) is 20.2 Å². The van der Waals surface area contributed by atoms with Gasteiger partial charge in [0.1, 0.15) is 30.1 Å². The number of amides is 1. The molecule has 18 heteroatoms. The van der Waals surface area contributed by atoms with Crippen molar-refractivity contribution in [2.75, 3.05) is 27.2 Å². The third kappa shape index (κ3) is 11.6. The summed E-state index contributed by atoms with van der Waals surface area (Å²) in [7, 11) is 3.40. The number of hydrogen-bond donors (Lipinski definition) is 2. The van der Waals surface area contributed by atoms with Gasteiger partial charge in [0.2, 0.25) is 0 Å². The standard InChI is InChI=1S/C51H74N6O12/c1-13-22-55(11)39-25-32(4)67-51(10,45(39)60)68-46-34(6)43(66-41(58)26-37-18-15-16-20-52-37)35(7)47(61)65-40(14-2)50(9)44(33(5)42(59)31(3)27-49(46,8)63-12)57(48(62)69-50)54-21-17-23-56-28-38(53-30-56)36-19-24-64-29-36/h13,15-16,18-20,24,28-35,39-40,43-46,54,60H,1,14,17,21-23,25-27H2,2-12H3/t31-,32-,33+,34+,35-,39+,40-,43?,44-,45-,46-,49-,50-,51+/m1/s1. The third-order valence-electron chi connectivity index (χ3n) is 14.6. The summed E-state index contributed by atoms with van der Waals surface area (Å²) in [5.41, 5.74) is 2.47. The number of aliphatic hydroxyl groups excluding tert-OH is 1. The maximum Gasteiger partial charge on any atom is 0.425 e. The second-order valence-corrected chi connectivity index (χ2v) is 19.8. The molecule has 2 N–H and O–H groups in total. The molecule has 14 atom stereocenters. The molecule has 3 fully saturated rings. The largest absolute Gasteiger partial charge is 0.472 e. The van der Waals surface area contributed by atoms with Crippen LogP contribution in [0.4, 0.5) is 4.79 Å². The lowest BCUT2D eigenvalue weighted by atomic mass is 9.73. The van der Waals surface area contributed by atoms with Crippen molar-refractivity contribution in [1.29, 1.82) is 0 Å². The van der Waals surface area contributed by atoms with Crippen molar-refractivity contribution in [2.24, 2.45) is 23.7 Å². The topological polar surface area (TPSA) is 206 Å². The van der Waals surface area contributed by atoms with Crippen molar-refractivity contribution >= 4 is 23.8 Å². The summed E-state index contributed by atoms with van der Waals surface area (Å²) in [5.74, 6) is -6.83. The highest BCUT2D eigenvalue weighted by molar-refractivity contribution is 5.85. The molecule has 3 aliphatic heterocycles. The first kappa shape index (κ1) is 53.4. The normalized spacial score (nSPS) is 34.7. The fraction of sp³-hybridized carbons (Fsp3) is 0.647. The van der Waals surface area contributed by atoms with E-state index in [9.17, 15) is 19.5 Å². The van der Waals surface area contributed by atoms with Crippen LogP contribution in [0.5, 0.6) is 0 Å². The lowest BCUT2D eigenvalue weighted by molar-refractivity contribution is -0.358. The van der Waals surface area contributed by atoms with E-state index in [1.165, 1.54) is 12.1 Å². The number of fused-ring (bicyclic) bond motifs is 1. The maximum absolute atomic E-state index is 15.1. The molecule has 0 saturated carbocycles. The van der Waals surface area contributed by atoms with Crippen LogP contribution in [0.25, 0.3) is 11.3 Å². The molecule has 380 valence electrons. The van der Waals surface area contributed by atoms with Crippen LogP contribution in [-0.4, -0.2) is 140 Å². The van der Waals surface area contributed by atoms with Crippen molar-refractivity contribution in [3.05, 3.63) is 73.9 Å². The summed E-state index contributed by atoms with van der Waals surface area (Å²) in [4.78, 5) is 68.7. The van der Waals surface area contributed by atoms with Crippen LogP contribution < -0.4 is 5.43 Å². The number of furan rings is 1. The zero-order valence-electron chi connectivity index (χ0n) is 42.2. The van der Waals surface area contributed by atoms with E-state index >= 15 is 4.79 Å². The van der Waals surface area contributed by atoms with Crippen molar-refractivity contribution in [2.45, 2.75) is 161 Å². The number of aromatic nitrogens is 3. The predicted octanol–water partition coefficient (Wildman–Crippen LogP) is 6.17. The molecule has 3 saturated heterocycles. The first-order valence-electron chi connectivity index (χ1n) is 24.2.